The van der Waals surface area contributed by atoms with Crippen LogP contribution in [0, 0.1) is 6.92 Å². The van der Waals surface area contributed by atoms with E-state index in [2.05, 4.69) is 22.1 Å². The summed E-state index contributed by atoms with van der Waals surface area (Å²) < 4.78 is 33.2. The SMILES string of the molecule is CCCN1CCN(C(=O)C(C)Nc2c(-c3ccc(OC(C)(F)F)cc3C)nc3cnccn23)CC1. The van der Waals surface area contributed by atoms with Crippen LogP contribution in [0.25, 0.3) is 16.9 Å². The number of benzene rings is 1. The van der Waals surface area contributed by atoms with Crippen molar-refractivity contribution in [1.29, 1.82) is 0 Å². The fraction of sp³-hybridized carbons (Fsp3) is 0.480. The molecule has 3 aromatic rings. The zero-order valence-electron chi connectivity index (χ0n) is 20.6. The molecule has 1 amide bonds. The number of halogens is 2. The van der Waals surface area contributed by atoms with Gasteiger partial charge in [0.05, 0.1) is 6.20 Å². The number of aryl methyl sites for hydroxylation is 1. The molecule has 10 heteroatoms. The number of alkyl halides is 2. The first-order valence-corrected chi connectivity index (χ1v) is 11.9. The van der Waals surface area contributed by atoms with Crippen LogP contribution in [0.2, 0.25) is 0 Å². The predicted octanol–water partition coefficient (Wildman–Crippen LogP) is 4.05. The van der Waals surface area contributed by atoms with E-state index >= 15 is 0 Å². The zero-order chi connectivity index (χ0) is 25.2. The summed E-state index contributed by atoms with van der Waals surface area (Å²) in [4.78, 5) is 26.4. The van der Waals surface area contributed by atoms with Gasteiger partial charge in [0, 0.05) is 51.1 Å². The van der Waals surface area contributed by atoms with Crippen molar-refractivity contribution < 1.29 is 18.3 Å². The number of anilines is 1. The van der Waals surface area contributed by atoms with Gasteiger partial charge in [0.1, 0.15) is 23.3 Å². The van der Waals surface area contributed by atoms with Crippen molar-refractivity contribution in [2.45, 2.75) is 46.3 Å². The summed E-state index contributed by atoms with van der Waals surface area (Å²) in [5.74, 6) is 0.747. The molecule has 1 atom stereocenters. The fourth-order valence-corrected chi connectivity index (χ4v) is 4.45. The molecule has 0 bridgehead atoms. The quantitative estimate of drug-likeness (QED) is 0.518. The number of hydrogen-bond donors (Lipinski definition) is 1. The van der Waals surface area contributed by atoms with Crippen LogP contribution in [-0.2, 0) is 4.79 Å². The minimum Gasteiger partial charge on any atom is -0.433 e. The van der Waals surface area contributed by atoms with E-state index in [-0.39, 0.29) is 11.7 Å². The Kier molecular flexibility index (Phi) is 7.20. The number of piperazine rings is 1. The number of carbonyl (C=O) groups is 1. The second kappa shape index (κ2) is 10.2. The monoisotopic (exact) mass is 486 g/mol. The number of aromatic nitrogens is 3. The number of nitrogens with zero attached hydrogens (tertiary/aromatic N) is 5. The van der Waals surface area contributed by atoms with E-state index in [1.165, 1.54) is 6.07 Å². The average molecular weight is 487 g/mol. The third kappa shape index (κ3) is 5.70. The highest BCUT2D eigenvalue weighted by Gasteiger charge is 2.27. The van der Waals surface area contributed by atoms with Crippen molar-refractivity contribution >= 4 is 17.4 Å². The van der Waals surface area contributed by atoms with Crippen LogP contribution < -0.4 is 10.1 Å². The number of carbonyl (C=O) groups excluding carboxylic acids is 1. The standard InChI is InChI=1S/C25H32F2N6O2/c1-5-9-31-11-13-32(14-12-31)24(34)18(3)29-23-22(30-21-16-28-8-10-33(21)23)20-7-6-19(15-17(20)2)35-25(4,26)27/h6-8,10,15-16,18,29H,5,9,11-14H2,1-4H3. The molecule has 4 rings (SSSR count). The van der Waals surface area contributed by atoms with Gasteiger partial charge in [-0.2, -0.15) is 8.78 Å². The van der Waals surface area contributed by atoms with Gasteiger partial charge in [-0.1, -0.05) is 6.92 Å². The van der Waals surface area contributed by atoms with E-state index in [0.29, 0.717) is 37.2 Å². The van der Waals surface area contributed by atoms with E-state index in [1.807, 2.05) is 23.1 Å². The van der Waals surface area contributed by atoms with E-state index in [1.54, 1.807) is 30.7 Å². The Morgan fingerprint density at radius 2 is 2.00 bits per heavy atom. The van der Waals surface area contributed by atoms with Crippen molar-refractivity contribution in [2.24, 2.45) is 0 Å². The van der Waals surface area contributed by atoms with Gasteiger partial charge in [0.25, 0.3) is 0 Å². The van der Waals surface area contributed by atoms with Crippen LogP contribution in [0.5, 0.6) is 5.75 Å². The molecule has 1 aliphatic rings. The van der Waals surface area contributed by atoms with Crippen LogP contribution in [0.1, 0.15) is 32.8 Å². The predicted molar refractivity (Wildman–Crippen MR) is 131 cm³/mol. The largest absolute Gasteiger partial charge is 0.433 e. The highest BCUT2D eigenvalue weighted by molar-refractivity contribution is 5.87. The molecule has 1 fully saturated rings. The highest BCUT2D eigenvalue weighted by Crippen LogP contribution is 2.34. The number of fused-ring (bicyclic) bond motifs is 1. The molecule has 1 aliphatic heterocycles. The highest BCUT2D eigenvalue weighted by atomic mass is 19.3. The summed E-state index contributed by atoms with van der Waals surface area (Å²) >= 11 is 0. The number of amides is 1. The number of nitrogens with one attached hydrogen (secondary N) is 1. The summed E-state index contributed by atoms with van der Waals surface area (Å²) in [7, 11) is 0. The average Bonchev–Trinajstić information content (AvgIpc) is 3.16. The van der Waals surface area contributed by atoms with Gasteiger partial charge in [-0.15, -0.1) is 0 Å². The van der Waals surface area contributed by atoms with Crippen LogP contribution in [-0.4, -0.2) is 74.9 Å². The fourth-order valence-electron chi connectivity index (χ4n) is 4.45. The molecule has 0 spiro atoms. The van der Waals surface area contributed by atoms with Crippen LogP contribution in [0.4, 0.5) is 14.6 Å². The van der Waals surface area contributed by atoms with Crippen molar-refractivity contribution in [2.75, 3.05) is 38.0 Å². The summed E-state index contributed by atoms with van der Waals surface area (Å²) in [6, 6.07) is 4.27. The zero-order valence-corrected chi connectivity index (χ0v) is 20.6. The van der Waals surface area contributed by atoms with Crippen LogP contribution in [0.15, 0.2) is 36.8 Å². The van der Waals surface area contributed by atoms with Gasteiger partial charge in [0.15, 0.2) is 5.65 Å². The second-order valence-corrected chi connectivity index (χ2v) is 9.03. The third-order valence-electron chi connectivity index (χ3n) is 6.13. The molecule has 2 aromatic heterocycles. The molecule has 35 heavy (non-hydrogen) atoms. The maximum absolute atomic E-state index is 13.3. The van der Waals surface area contributed by atoms with Gasteiger partial charge < -0.3 is 15.0 Å². The van der Waals surface area contributed by atoms with Crippen molar-refractivity contribution in [3.8, 4) is 17.0 Å². The minimum absolute atomic E-state index is 0.0294. The summed E-state index contributed by atoms with van der Waals surface area (Å²) in [6.07, 6.45) is 2.90. The molecule has 1 unspecified atom stereocenters. The first-order valence-electron chi connectivity index (χ1n) is 11.9. The molecule has 8 nitrogen and oxygen atoms in total. The lowest BCUT2D eigenvalue weighted by Gasteiger charge is -2.36. The number of ether oxygens (including phenoxy) is 1. The molecule has 1 aromatic carbocycles. The van der Waals surface area contributed by atoms with E-state index in [4.69, 9.17) is 9.72 Å². The maximum Gasteiger partial charge on any atom is 0.394 e. The Morgan fingerprint density at radius 1 is 1.26 bits per heavy atom. The smallest absolute Gasteiger partial charge is 0.394 e. The van der Waals surface area contributed by atoms with Gasteiger partial charge in [0.2, 0.25) is 5.91 Å². The molecule has 188 valence electrons. The third-order valence-corrected chi connectivity index (χ3v) is 6.13. The lowest BCUT2D eigenvalue weighted by atomic mass is 10.0. The Hall–Kier alpha value is -3.27. The first-order chi connectivity index (χ1) is 16.7. The van der Waals surface area contributed by atoms with Crippen LogP contribution in [0.3, 0.4) is 0 Å². The van der Waals surface area contributed by atoms with E-state index < -0.39 is 12.2 Å². The number of rotatable bonds is 8. The van der Waals surface area contributed by atoms with Crippen molar-refractivity contribution in [3.63, 3.8) is 0 Å². The lowest BCUT2D eigenvalue weighted by molar-refractivity contribution is -0.159. The van der Waals surface area contributed by atoms with Crippen molar-refractivity contribution in [3.05, 3.63) is 42.4 Å². The number of hydrogen-bond acceptors (Lipinski definition) is 6. The van der Waals surface area contributed by atoms with E-state index in [9.17, 15) is 13.6 Å². The molecule has 0 radical (unpaired) electrons. The van der Waals surface area contributed by atoms with Gasteiger partial charge in [-0.3, -0.25) is 19.1 Å². The summed E-state index contributed by atoms with van der Waals surface area (Å²) in [5, 5.41) is 3.36. The van der Waals surface area contributed by atoms with Gasteiger partial charge in [-0.25, -0.2) is 4.98 Å². The lowest BCUT2D eigenvalue weighted by Crippen LogP contribution is -2.52. The Bertz CT molecular complexity index is 1180. The first kappa shape index (κ1) is 24.8. The summed E-state index contributed by atoms with van der Waals surface area (Å²) in [5.41, 5.74) is 2.68. The molecular formula is C25H32F2N6O2. The molecule has 3 heterocycles. The number of imidazole rings is 1. The summed E-state index contributed by atoms with van der Waals surface area (Å²) in [6.45, 7) is 10.7. The Morgan fingerprint density at radius 3 is 2.66 bits per heavy atom. The van der Waals surface area contributed by atoms with Crippen molar-refractivity contribution in [1.82, 2.24) is 24.2 Å². The molecule has 0 aliphatic carbocycles. The molecule has 1 N–H and O–H groups in total. The molecule has 1 saturated heterocycles. The van der Waals surface area contributed by atoms with Crippen LogP contribution >= 0.6 is 0 Å². The Labute approximate surface area is 203 Å². The van der Waals surface area contributed by atoms with Gasteiger partial charge >= 0.3 is 6.11 Å². The Balaban J connectivity index is 1.60. The molecule has 0 saturated carbocycles. The topological polar surface area (TPSA) is 75.0 Å². The minimum atomic E-state index is -3.27. The van der Waals surface area contributed by atoms with Gasteiger partial charge in [-0.05, 0) is 50.6 Å². The maximum atomic E-state index is 13.3. The second-order valence-electron chi connectivity index (χ2n) is 9.03. The van der Waals surface area contributed by atoms with E-state index in [0.717, 1.165) is 37.2 Å². The normalized spacial score (nSPS) is 15.9. The molecular weight excluding hydrogens is 454 g/mol.